The predicted octanol–water partition coefficient (Wildman–Crippen LogP) is 1.66. The molecular formula is C15H28N2O4. The lowest BCUT2D eigenvalue weighted by Crippen LogP contribution is -2.49. The molecule has 2 unspecified atom stereocenters. The highest BCUT2D eigenvalue weighted by Gasteiger charge is 2.38. The van der Waals surface area contributed by atoms with E-state index in [4.69, 9.17) is 9.84 Å². The maximum Gasteiger partial charge on any atom is 0.317 e. The summed E-state index contributed by atoms with van der Waals surface area (Å²) < 4.78 is 5.20. The van der Waals surface area contributed by atoms with Crippen molar-refractivity contribution in [1.82, 2.24) is 10.2 Å². The number of likely N-dealkylation sites (N-methyl/N-ethyl adjacent to an activating group) is 1. The average molecular weight is 300 g/mol. The number of carbonyl (C=O) groups excluding carboxylic acids is 1. The van der Waals surface area contributed by atoms with Crippen LogP contribution in [-0.2, 0) is 9.53 Å². The number of nitrogens with zero attached hydrogens (tertiary/aromatic N) is 1. The topological polar surface area (TPSA) is 78.9 Å². The van der Waals surface area contributed by atoms with Crippen molar-refractivity contribution in [3.63, 3.8) is 0 Å². The number of nitrogens with one attached hydrogen (secondary N) is 1. The van der Waals surface area contributed by atoms with Crippen LogP contribution in [0.2, 0.25) is 0 Å². The van der Waals surface area contributed by atoms with Gasteiger partial charge in [-0.25, -0.2) is 4.79 Å². The number of carbonyl (C=O) groups is 2. The van der Waals surface area contributed by atoms with E-state index in [0.29, 0.717) is 24.3 Å². The van der Waals surface area contributed by atoms with E-state index in [1.165, 1.54) is 4.90 Å². The summed E-state index contributed by atoms with van der Waals surface area (Å²) >= 11 is 0. The predicted molar refractivity (Wildman–Crippen MR) is 80.1 cm³/mol. The number of carboxylic acids is 1. The minimum absolute atomic E-state index is 0.165. The lowest BCUT2D eigenvalue weighted by atomic mass is 9.85. The van der Waals surface area contributed by atoms with E-state index in [1.807, 2.05) is 0 Å². The summed E-state index contributed by atoms with van der Waals surface area (Å²) in [7, 11) is 1.63. The molecule has 0 radical (unpaired) electrons. The van der Waals surface area contributed by atoms with Crippen molar-refractivity contribution in [2.45, 2.75) is 33.7 Å². The Bertz CT molecular complexity index is 363. The second kappa shape index (κ2) is 7.64. The number of rotatable bonds is 6. The van der Waals surface area contributed by atoms with Crippen LogP contribution in [0.4, 0.5) is 4.79 Å². The van der Waals surface area contributed by atoms with Crippen molar-refractivity contribution in [3.8, 4) is 0 Å². The molecule has 6 heteroatoms. The second-order valence-electron chi connectivity index (χ2n) is 6.50. The molecule has 6 nitrogen and oxygen atoms in total. The van der Waals surface area contributed by atoms with E-state index < -0.39 is 17.9 Å². The zero-order valence-corrected chi connectivity index (χ0v) is 13.6. The highest BCUT2D eigenvalue weighted by atomic mass is 16.5. The van der Waals surface area contributed by atoms with Gasteiger partial charge in [0.2, 0.25) is 0 Å². The van der Waals surface area contributed by atoms with E-state index in [9.17, 15) is 9.59 Å². The summed E-state index contributed by atoms with van der Waals surface area (Å²) in [6, 6.07) is -0.637. The summed E-state index contributed by atoms with van der Waals surface area (Å²) in [4.78, 5) is 24.8. The average Bonchev–Trinajstić information content (AvgIpc) is 2.86. The molecule has 122 valence electrons. The normalized spacial score (nSPS) is 22.1. The van der Waals surface area contributed by atoms with Crippen LogP contribution in [-0.4, -0.2) is 54.9 Å². The maximum atomic E-state index is 12.2. The van der Waals surface area contributed by atoms with Crippen LogP contribution in [0.5, 0.6) is 0 Å². The fourth-order valence-electron chi connectivity index (χ4n) is 2.88. The molecule has 21 heavy (non-hydrogen) atoms. The first-order valence-corrected chi connectivity index (χ1v) is 7.56. The van der Waals surface area contributed by atoms with Gasteiger partial charge in [-0.15, -0.1) is 0 Å². The largest absolute Gasteiger partial charge is 0.481 e. The highest BCUT2D eigenvalue weighted by molar-refractivity contribution is 5.77. The monoisotopic (exact) mass is 300 g/mol. The van der Waals surface area contributed by atoms with Crippen molar-refractivity contribution < 1.29 is 19.4 Å². The van der Waals surface area contributed by atoms with Gasteiger partial charge in [-0.3, -0.25) is 4.79 Å². The zero-order valence-electron chi connectivity index (χ0n) is 13.6. The van der Waals surface area contributed by atoms with Gasteiger partial charge in [0, 0.05) is 13.6 Å². The molecule has 2 amide bonds. The number of amides is 2. The quantitative estimate of drug-likeness (QED) is 0.782. The zero-order chi connectivity index (χ0) is 16.2. The molecule has 1 fully saturated rings. The van der Waals surface area contributed by atoms with Crippen molar-refractivity contribution in [1.29, 1.82) is 0 Å². The fourth-order valence-corrected chi connectivity index (χ4v) is 2.88. The Morgan fingerprint density at radius 2 is 1.81 bits per heavy atom. The number of hydrogen-bond donors (Lipinski definition) is 2. The van der Waals surface area contributed by atoms with Crippen LogP contribution >= 0.6 is 0 Å². The number of carboxylic acid groups (broad SMARTS) is 1. The number of ether oxygens (including phenoxy) is 1. The molecule has 2 N–H and O–H groups in total. The van der Waals surface area contributed by atoms with Crippen LogP contribution in [0, 0.1) is 23.7 Å². The SMILES string of the molecule is CC(C)C(CNC(=O)N(C)C1COCC1C(=O)O)C(C)C. The molecule has 0 aromatic rings. The van der Waals surface area contributed by atoms with Gasteiger partial charge in [-0.2, -0.15) is 0 Å². The molecule has 0 spiro atoms. The van der Waals surface area contributed by atoms with Gasteiger partial charge in [0.1, 0.15) is 5.92 Å². The van der Waals surface area contributed by atoms with E-state index in [-0.39, 0.29) is 19.2 Å². The minimum Gasteiger partial charge on any atom is -0.481 e. The first-order valence-electron chi connectivity index (χ1n) is 7.56. The molecule has 2 atom stereocenters. The first kappa shape index (κ1) is 17.8. The van der Waals surface area contributed by atoms with Crippen LogP contribution in [0.3, 0.4) is 0 Å². The van der Waals surface area contributed by atoms with Crippen molar-refractivity contribution in [3.05, 3.63) is 0 Å². The van der Waals surface area contributed by atoms with Crippen molar-refractivity contribution in [2.24, 2.45) is 23.7 Å². The first-order chi connectivity index (χ1) is 9.75. The summed E-state index contributed by atoms with van der Waals surface area (Å²) in [6.07, 6.45) is 0. The number of urea groups is 1. The molecule has 1 rings (SSSR count). The summed E-state index contributed by atoms with van der Waals surface area (Å²) in [5.74, 6) is -0.196. The summed E-state index contributed by atoms with van der Waals surface area (Å²) in [6.45, 7) is 9.62. The molecule has 1 heterocycles. The van der Waals surface area contributed by atoms with Gasteiger partial charge in [0.25, 0.3) is 0 Å². The van der Waals surface area contributed by atoms with Crippen molar-refractivity contribution >= 4 is 12.0 Å². The van der Waals surface area contributed by atoms with Gasteiger partial charge in [0.15, 0.2) is 0 Å². The molecule has 0 aromatic carbocycles. The van der Waals surface area contributed by atoms with Crippen molar-refractivity contribution in [2.75, 3.05) is 26.8 Å². The van der Waals surface area contributed by atoms with Crippen LogP contribution in [0.15, 0.2) is 0 Å². The third kappa shape index (κ3) is 4.59. The van der Waals surface area contributed by atoms with E-state index in [1.54, 1.807) is 7.05 Å². The molecule has 1 saturated heterocycles. The lowest BCUT2D eigenvalue weighted by Gasteiger charge is -2.29. The molecule has 1 aliphatic rings. The Morgan fingerprint density at radius 1 is 1.24 bits per heavy atom. The smallest absolute Gasteiger partial charge is 0.317 e. The Kier molecular flexibility index (Phi) is 6.45. The van der Waals surface area contributed by atoms with E-state index >= 15 is 0 Å². The molecule has 0 aliphatic carbocycles. The Labute approximate surface area is 126 Å². The van der Waals surface area contributed by atoms with Gasteiger partial charge < -0.3 is 20.1 Å². The van der Waals surface area contributed by atoms with E-state index in [2.05, 4.69) is 33.0 Å². The fraction of sp³-hybridized carbons (Fsp3) is 0.867. The molecule has 0 aromatic heterocycles. The van der Waals surface area contributed by atoms with E-state index in [0.717, 1.165) is 0 Å². The molecule has 0 bridgehead atoms. The Balaban J connectivity index is 2.56. The lowest BCUT2D eigenvalue weighted by molar-refractivity contribution is -0.142. The third-order valence-corrected chi connectivity index (χ3v) is 4.39. The second-order valence-corrected chi connectivity index (χ2v) is 6.50. The molecule has 1 aliphatic heterocycles. The minimum atomic E-state index is -0.917. The molecular weight excluding hydrogens is 272 g/mol. The van der Waals surface area contributed by atoms with Crippen LogP contribution < -0.4 is 5.32 Å². The van der Waals surface area contributed by atoms with Gasteiger partial charge in [-0.05, 0) is 17.8 Å². The number of hydrogen-bond acceptors (Lipinski definition) is 3. The van der Waals surface area contributed by atoms with Gasteiger partial charge in [0.05, 0.1) is 19.3 Å². The molecule has 0 saturated carbocycles. The van der Waals surface area contributed by atoms with Gasteiger partial charge in [-0.1, -0.05) is 27.7 Å². The summed E-state index contributed by atoms with van der Waals surface area (Å²) in [5.41, 5.74) is 0. The number of aliphatic carboxylic acids is 1. The Hall–Kier alpha value is -1.30. The summed E-state index contributed by atoms with van der Waals surface area (Å²) in [5, 5.41) is 12.1. The maximum absolute atomic E-state index is 12.2. The Morgan fingerprint density at radius 3 is 2.29 bits per heavy atom. The van der Waals surface area contributed by atoms with Gasteiger partial charge >= 0.3 is 12.0 Å². The standard InChI is InChI=1S/C15H28N2O4/c1-9(2)11(10(3)4)6-16-15(20)17(5)13-8-21-7-12(13)14(18)19/h9-13H,6-8H2,1-5H3,(H,16,20)(H,18,19). The van der Waals surface area contributed by atoms with Crippen LogP contribution in [0.25, 0.3) is 0 Å². The highest BCUT2D eigenvalue weighted by Crippen LogP contribution is 2.21. The third-order valence-electron chi connectivity index (χ3n) is 4.39. The van der Waals surface area contributed by atoms with Crippen LogP contribution in [0.1, 0.15) is 27.7 Å².